The van der Waals surface area contributed by atoms with Crippen LogP contribution in [0.1, 0.15) is 57.9 Å². The van der Waals surface area contributed by atoms with Crippen molar-refractivity contribution < 1.29 is 14.3 Å². The molecule has 0 bridgehead atoms. The quantitative estimate of drug-likeness (QED) is 0.447. The fourth-order valence-electron chi connectivity index (χ4n) is 5.30. The molecular weight excluding hydrogens is 472 g/mol. The zero-order chi connectivity index (χ0) is 26.0. The van der Waals surface area contributed by atoms with Crippen LogP contribution in [-0.4, -0.2) is 88.4 Å². The minimum atomic E-state index is -0.227. The Kier molecular flexibility index (Phi) is 9.90. The van der Waals surface area contributed by atoms with Crippen molar-refractivity contribution in [2.75, 3.05) is 45.9 Å². The maximum atomic E-state index is 12.7. The lowest BCUT2D eigenvalue weighted by Crippen LogP contribution is -2.41. The van der Waals surface area contributed by atoms with Crippen molar-refractivity contribution in [2.45, 2.75) is 64.0 Å². The molecule has 0 atom stereocenters. The van der Waals surface area contributed by atoms with Gasteiger partial charge in [0.05, 0.1) is 6.04 Å². The Morgan fingerprint density at radius 2 is 1.84 bits per heavy atom. The number of nitrogens with one attached hydrogen (secondary N) is 2. The van der Waals surface area contributed by atoms with E-state index in [2.05, 4.69) is 27.2 Å². The van der Waals surface area contributed by atoms with E-state index in [-0.39, 0.29) is 36.4 Å². The van der Waals surface area contributed by atoms with Crippen LogP contribution in [0.3, 0.4) is 0 Å². The number of aromatic amines is 1. The second kappa shape index (κ2) is 13.5. The zero-order valence-electron chi connectivity index (χ0n) is 21.9. The molecule has 3 heterocycles. The molecule has 0 unspecified atom stereocenters. The number of carbonyl (C=O) groups excluding carboxylic acids is 2. The summed E-state index contributed by atoms with van der Waals surface area (Å²) in [5.74, 6) is 0.472. The van der Waals surface area contributed by atoms with Crippen molar-refractivity contribution in [2.24, 2.45) is 0 Å². The highest BCUT2D eigenvalue weighted by atomic mass is 16.5. The molecule has 2 fully saturated rings. The predicted molar refractivity (Wildman–Crippen MR) is 141 cm³/mol. The lowest BCUT2D eigenvalue weighted by Gasteiger charge is -2.33. The number of hydrogen-bond donors (Lipinski definition) is 2. The van der Waals surface area contributed by atoms with Gasteiger partial charge in [-0.2, -0.15) is 0 Å². The maximum absolute atomic E-state index is 12.7. The molecule has 0 saturated carbocycles. The molecule has 202 valence electrons. The van der Waals surface area contributed by atoms with E-state index in [1.165, 1.54) is 4.68 Å². The molecule has 0 radical (unpaired) electrons. The lowest BCUT2D eigenvalue weighted by atomic mass is 10.0. The monoisotopic (exact) mass is 512 g/mol. The van der Waals surface area contributed by atoms with Gasteiger partial charge in [0.2, 0.25) is 11.8 Å². The van der Waals surface area contributed by atoms with Crippen LogP contribution in [0.4, 0.5) is 0 Å². The minimum Gasteiger partial charge on any atom is -0.381 e. The highest BCUT2D eigenvalue weighted by molar-refractivity contribution is 5.83. The number of nitrogens with zero attached hydrogens (tertiary/aromatic N) is 4. The highest BCUT2D eigenvalue weighted by Crippen LogP contribution is 2.22. The summed E-state index contributed by atoms with van der Waals surface area (Å²) in [5, 5.41) is 7.46. The summed E-state index contributed by atoms with van der Waals surface area (Å²) in [6.07, 6.45) is 4.79. The fourth-order valence-corrected chi connectivity index (χ4v) is 5.30. The topological polar surface area (TPSA) is 113 Å². The van der Waals surface area contributed by atoms with E-state index in [9.17, 15) is 14.4 Å². The summed E-state index contributed by atoms with van der Waals surface area (Å²) >= 11 is 0. The largest absolute Gasteiger partial charge is 0.381 e. The first-order valence-corrected chi connectivity index (χ1v) is 13.7. The van der Waals surface area contributed by atoms with E-state index in [1.54, 1.807) is 4.90 Å². The lowest BCUT2D eigenvalue weighted by molar-refractivity contribution is -0.134. The van der Waals surface area contributed by atoms with Gasteiger partial charge in [-0.15, -0.1) is 5.10 Å². The number of rotatable bonds is 11. The summed E-state index contributed by atoms with van der Waals surface area (Å²) in [7, 11) is 0. The number of amides is 2. The van der Waals surface area contributed by atoms with Crippen LogP contribution in [0.5, 0.6) is 0 Å². The molecule has 2 aromatic rings. The predicted octanol–water partition coefficient (Wildman–Crippen LogP) is 2.19. The number of hydrogen-bond acceptors (Lipinski definition) is 6. The second-order valence-electron chi connectivity index (χ2n) is 9.88. The van der Waals surface area contributed by atoms with Gasteiger partial charge in [-0.05, 0) is 38.6 Å². The van der Waals surface area contributed by atoms with Crippen molar-refractivity contribution >= 4 is 11.8 Å². The van der Waals surface area contributed by atoms with Crippen molar-refractivity contribution in [3.63, 3.8) is 0 Å². The second-order valence-corrected chi connectivity index (χ2v) is 9.88. The van der Waals surface area contributed by atoms with Gasteiger partial charge in [0.15, 0.2) is 5.82 Å². The van der Waals surface area contributed by atoms with Gasteiger partial charge in [-0.1, -0.05) is 37.3 Å². The van der Waals surface area contributed by atoms with Crippen molar-refractivity contribution in [3.05, 3.63) is 40.8 Å². The third-order valence-corrected chi connectivity index (χ3v) is 7.48. The summed E-state index contributed by atoms with van der Waals surface area (Å²) in [5.41, 5.74) is 0.640. The van der Waals surface area contributed by atoms with Crippen LogP contribution in [0.25, 0.3) is 11.4 Å². The van der Waals surface area contributed by atoms with Crippen molar-refractivity contribution in [1.29, 1.82) is 0 Å². The van der Waals surface area contributed by atoms with Gasteiger partial charge in [-0.3, -0.25) is 14.6 Å². The third-order valence-electron chi connectivity index (χ3n) is 7.48. The number of piperidine rings is 1. The number of likely N-dealkylation sites (tertiary alicyclic amines) is 1. The Hall–Kier alpha value is -2.98. The third kappa shape index (κ3) is 7.52. The van der Waals surface area contributed by atoms with E-state index >= 15 is 0 Å². The Balaban J connectivity index is 1.13. The van der Waals surface area contributed by atoms with E-state index in [4.69, 9.17) is 4.74 Å². The Labute approximate surface area is 218 Å². The SMILES string of the molecule is CCN(CCCNC(=O)CCC(=O)N1CCC(n2nc(-c3ccccc3)[nH]c2=O)CC1)C1CCOCC1. The summed E-state index contributed by atoms with van der Waals surface area (Å²) in [4.78, 5) is 44.5. The first kappa shape index (κ1) is 27.1. The molecule has 10 nitrogen and oxygen atoms in total. The zero-order valence-corrected chi connectivity index (χ0v) is 21.9. The van der Waals surface area contributed by atoms with Gasteiger partial charge in [0.1, 0.15) is 0 Å². The Morgan fingerprint density at radius 1 is 1.11 bits per heavy atom. The van der Waals surface area contributed by atoms with Crippen LogP contribution in [0, 0.1) is 0 Å². The summed E-state index contributed by atoms with van der Waals surface area (Å²) < 4.78 is 6.97. The van der Waals surface area contributed by atoms with E-state index in [0.29, 0.717) is 44.3 Å². The molecule has 1 aromatic heterocycles. The first-order chi connectivity index (χ1) is 18.0. The van der Waals surface area contributed by atoms with Crippen LogP contribution < -0.4 is 11.0 Å². The maximum Gasteiger partial charge on any atom is 0.343 e. The van der Waals surface area contributed by atoms with Gasteiger partial charge in [0.25, 0.3) is 0 Å². The van der Waals surface area contributed by atoms with Crippen LogP contribution in [0.15, 0.2) is 35.1 Å². The molecule has 10 heteroatoms. The normalized spacial score (nSPS) is 17.3. The first-order valence-electron chi connectivity index (χ1n) is 13.7. The molecule has 2 saturated heterocycles. The van der Waals surface area contributed by atoms with Crippen LogP contribution in [-0.2, 0) is 14.3 Å². The van der Waals surface area contributed by atoms with E-state index in [0.717, 1.165) is 51.1 Å². The molecule has 2 aliphatic heterocycles. The van der Waals surface area contributed by atoms with E-state index < -0.39 is 0 Å². The standard InChI is InChI=1S/C27H40N6O4/c1-2-31(22-13-19-37-20-14-22)16-6-15-28-24(34)9-10-25(35)32-17-11-23(12-18-32)33-27(36)29-26(30-33)21-7-4-3-5-8-21/h3-5,7-8,22-23H,2,6,9-20H2,1H3,(H,28,34)(H,29,30,36). The molecule has 2 amide bonds. The van der Waals surface area contributed by atoms with Gasteiger partial charge < -0.3 is 19.9 Å². The fraction of sp³-hybridized carbons (Fsp3) is 0.630. The Morgan fingerprint density at radius 3 is 2.54 bits per heavy atom. The number of H-pyrrole nitrogens is 1. The minimum absolute atomic E-state index is 0.00961. The molecule has 2 aliphatic rings. The van der Waals surface area contributed by atoms with E-state index in [1.807, 2.05) is 30.3 Å². The highest BCUT2D eigenvalue weighted by Gasteiger charge is 2.26. The van der Waals surface area contributed by atoms with Crippen molar-refractivity contribution in [3.8, 4) is 11.4 Å². The molecule has 4 rings (SSSR count). The number of aromatic nitrogens is 3. The summed E-state index contributed by atoms with van der Waals surface area (Å²) in [6, 6.07) is 10.1. The molecule has 37 heavy (non-hydrogen) atoms. The smallest absolute Gasteiger partial charge is 0.343 e. The van der Waals surface area contributed by atoms with Gasteiger partial charge in [-0.25, -0.2) is 9.48 Å². The molecule has 1 aromatic carbocycles. The summed E-state index contributed by atoms with van der Waals surface area (Å²) in [6.45, 7) is 7.56. The number of carbonyl (C=O) groups is 2. The molecule has 0 spiro atoms. The average Bonchev–Trinajstić information content (AvgIpc) is 3.34. The average molecular weight is 513 g/mol. The number of benzene rings is 1. The molecule has 0 aliphatic carbocycles. The van der Waals surface area contributed by atoms with Gasteiger partial charge >= 0.3 is 5.69 Å². The number of ether oxygens (including phenoxy) is 1. The van der Waals surface area contributed by atoms with Crippen LogP contribution >= 0.6 is 0 Å². The molecular formula is C27H40N6O4. The van der Waals surface area contributed by atoms with Crippen LogP contribution in [0.2, 0.25) is 0 Å². The van der Waals surface area contributed by atoms with Gasteiger partial charge in [0, 0.05) is 63.8 Å². The molecule has 2 N–H and O–H groups in total. The van der Waals surface area contributed by atoms with Crippen molar-refractivity contribution in [1.82, 2.24) is 29.9 Å². The Bertz CT molecular complexity index is 1050.